The average molecular weight is 343 g/mol. The molecule has 4 heteroatoms. The number of pyridine rings is 1. The molecule has 0 atom stereocenters. The minimum atomic E-state index is 0.788. The fraction of sp³-hybridized carbons (Fsp3) is 0.0833. The first-order valence-corrected chi connectivity index (χ1v) is 6.26. The van der Waals surface area contributed by atoms with Gasteiger partial charge in [0.2, 0.25) is 0 Å². The van der Waals surface area contributed by atoms with E-state index in [9.17, 15) is 0 Å². The third-order valence-electron chi connectivity index (χ3n) is 2.24. The molecule has 2 aromatic rings. The Morgan fingerprint density at radius 1 is 1.06 bits per heavy atom. The summed E-state index contributed by atoms with van der Waals surface area (Å²) >= 11 is 6.91. The highest BCUT2D eigenvalue weighted by Crippen LogP contribution is 2.37. The lowest BCUT2D eigenvalue weighted by molar-refractivity contribution is 0.416. The molecular weight excluding hydrogens is 334 g/mol. The van der Waals surface area contributed by atoms with Gasteiger partial charge in [0, 0.05) is 17.3 Å². The van der Waals surface area contributed by atoms with Crippen molar-refractivity contribution in [2.24, 2.45) is 0 Å². The highest BCUT2D eigenvalue weighted by molar-refractivity contribution is 9.13. The molecular formula is C12H9Br2NO. The molecule has 2 rings (SSSR count). The van der Waals surface area contributed by atoms with E-state index in [1.807, 2.05) is 30.3 Å². The van der Waals surface area contributed by atoms with Crippen LogP contribution >= 0.6 is 31.9 Å². The van der Waals surface area contributed by atoms with Crippen molar-refractivity contribution in [2.75, 3.05) is 7.11 Å². The number of halogens is 2. The van der Waals surface area contributed by atoms with E-state index in [1.165, 1.54) is 0 Å². The van der Waals surface area contributed by atoms with E-state index in [0.717, 1.165) is 26.0 Å². The van der Waals surface area contributed by atoms with Gasteiger partial charge in [0.1, 0.15) is 10.4 Å². The van der Waals surface area contributed by atoms with E-state index in [2.05, 4.69) is 36.8 Å². The summed E-state index contributed by atoms with van der Waals surface area (Å²) in [5.41, 5.74) is 2.10. The number of ether oxygens (including phenoxy) is 1. The normalized spacial score (nSPS) is 10.2. The Hall–Kier alpha value is -0.870. The van der Waals surface area contributed by atoms with Crippen molar-refractivity contribution in [3.63, 3.8) is 0 Å². The summed E-state index contributed by atoms with van der Waals surface area (Å²) in [7, 11) is 1.67. The minimum Gasteiger partial charge on any atom is -0.496 e. The van der Waals surface area contributed by atoms with Crippen LogP contribution in [-0.2, 0) is 0 Å². The number of benzene rings is 1. The summed E-state index contributed by atoms with van der Waals surface area (Å²) in [5.74, 6) is 0.848. The summed E-state index contributed by atoms with van der Waals surface area (Å²) in [6.07, 6.45) is 1.76. The molecule has 16 heavy (non-hydrogen) atoms. The monoisotopic (exact) mass is 341 g/mol. The van der Waals surface area contributed by atoms with Gasteiger partial charge in [-0.3, -0.25) is 0 Å². The maximum atomic E-state index is 5.34. The van der Waals surface area contributed by atoms with Crippen LogP contribution in [0, 0.1) is 0 Å². The van der Waals surface area contributed by atoms with Crippen LogP contribution in [0.3, 0.4) is 0 Å². The lowest BCUT2D eigenvalue weighted by Crippen LogP contribution is -1.89. The smallest absolute Gasteiger partial charge is 0.126 e. The number of nitrogens with zero attached hydrogens (tertiary/aromatic N) is 1. The summed E-state index contributed by atoms with van der Waals surface area (Å²) in [5, 5.41) is 0. The highest BCUT2D eigenvalue weighted by atomic mass is 79.9. The van der Waals surface area contributed by atoms with Gasteiger partial charge in [-0.25, -0.2) is 4.98 Å². The quantitative estimate of drug-likeness (QED) is 0.760. The van der Waals surface area contributed by atoms with Crippen LogP contribution in [-0.4, -0.2) is 12.1 Å². The number of methoxy groups -OCH3 is 1. The third-order valence-corrected chi connectivity index (χ3v) is 4.18. The molecule has 0 N–H and O–H groups in total. The molecule has 0 amide bonds. The van der Waals surface area contributed by atoms with Gasteiger partial charge in [0.25, 0.3) is 0 Å². The number of para-hydroxylation sites is 1. The van der Waals surface area contributed by atoms with E-state index in [-0.39, 0.29) is 0 Å². The van der Waals surface area contributed by atoms with E-state index >= 15 is 0 Å². The Kier molecular flexibility index (Phi) is 3.61. The van der Waals surface area contributed by atoms with Gasteiger partial charge < -0.3 is 4.74 Å². The van der Waals surface area contributed by atoms with Crippen LogP contribution in [0.25, 0.3) is 11.1 Å². The largest absolute Gasteiger partial charge is 0.496 e. The fourth-order valence-corrected chi connectivity index (χ4v) is 2.27. The van der Waals surface area contributed by atoms with Crippen LogP contribution in [0.1, 0.15) is 0 Å². The van der Waals surface area contributed by atoms with Gasteiger partial charge in [-0.2, -0.15) is 0 Å². The van der Waals surface area contributed by atoms with Gasteiger partial charge in [-0.05, 0) is 44.0 Å². The molecule has 0 aliphatic rings. The predicted octanol–water partition coefficient (Wildman–Crippen LogP) is 4.28. The van der Waals surface area contributed by atoms with Crippen LogP contribution < -0.4 is 4.74 Å². The van der Waals surface area contributed by atoms with E-state index in [0.29, 0.717) is 0 Å². The molecule has 1 heterocycles. The van der Waals surface area contributed by atoms with Crippen LogP contribution in [0.15, 0.2) is 45.6 Å². The summed E-state index contributed by atoms with van der Waals surface area (Å²) in [6, 6.07) is 9.85. The molecule has 0 spiro atoms. The van der Waals surface area contributed by atoms with Crippen LogP contribution in [0.2, 0.25) is 0 Å². The van der Waals surface area contributed by atoms with Crippen LogP contribution in [0.5, 0.6) is 5.75 Å². The zero-order valence-corrected chi connectivity index (χ0v) is 11.7. The molecule has 0 fully saturated rings. The molecule has 0 aliphatic heterocycles. The van der Waals surface area contributed by atoms with Gasteiger partial charge in [0.15, 0.2) is 0 Å². The molecule has 2 nitrogen and oxygen atoms in total. The second-order valence-corrected chi connectivity index (χ2v) is 4.71. The first-order valence-electron chi connectivity index (χ1n) is 4.67. The van der Waals surface area contributed by atoms with Crippen LogP contribution in [0.4, 0.5) is 0 Å². The summed E-state index contributed by atoms with van der Waals surface area (Å²) < 4.78 is 7.06. The van der Waals surface area contributed by atoms with E-state index < -0.39 is 0 Å². The number of aromatic nitrogens is 1. The van der Waals surface area contributed by atoms with Crippen molar-refractivity contribution in [1.29, 1.82) is 0 Å². The van der Waals surface area contributed by atoms with E-state index in [1.54, 1.807) is 13.3 Å². The molecule has 1 aromatic carbocycles. The zero-order chi connectivity index (χ0) is 11.5. The van der Waals surface area contributed by atoms with Crippen molar-refractivity contribution >= 4 is 31.9 Å². The predicted molar refractivity (Wildman–Crippen MR) is 71.6 cm³/mol. The Labute approximate surface area is 111 Å². The topological polar surface area (TPSA) is 22.1 Å². The SMILES string of the molecule is COc1ccccc1-c1ccnc(Br)c1Br. The standard InChI is InChI=1S/C12H9Br2NO/c1-16-10-5-3-2-4-8(10)9-6-7-15-12(14)11(9)13/h2-7H,1H3. The first kappa shape index (κ1) is 11.6. The highest BCUT2D eigenvalue weighted by Gasteiger charge is 2.10. The van der Waals surface area contributed by atoms with Gasteiger partial charge in [-0.1, -0.05) is 18.2 Å². The molecule has 1 aromatic heterocycles. The zero-order valence-electron chi connectivity index (χ0n) is 8.58. The van der Waals surface area contributed by atoms with E-state index in [4.69, 9.17) is 4.74 Å². The lowest BCUT2D eigenvalue weighted by Gasteiger charge is -2.10. The fourth-order valence-electron chi connectivity index (χ4n) is 1.49. The second-order valence-electron chi connectivity index (χ2n) is 3.16. The molecule has 0 aliphatic carbocycles. The molecule has 0 saturated carbocycles. The van der Waals surface area contributed by atoms with Gasteiger partial charge in [-0.15, -0.1) is 0 Å². The molecule has 0 radical (unpaired) electrons. The van der Waals surface area contributed by atoms with Crippen molar-refractivity contribution in [3.05, 3.63) is 45.6 Å². The Bertz CT molecular complexity index is 514. The van der Waals surface area contributed by atoms with Crippen molar-refractivity contribution in [3.8, 4) is 16.9 Å². The maximum Gasteiger partial charge on any atom is 0.126 e. The number of hydrogen-bond acceptors (Lipinski definition) is 2. The number of rotatable bonds is 2. The molecule has 82 valence electrons. The summed E-state index contributed by atoms with van der Waals surface area (Å²) in [6.45, 7) is 0. The molecule has 0 saturated heterocycles. The Morgan fingerprint density at radius 2 is 1.81 bits per heavy atom. The first-order chi connectivity index (χ1) is 7.74. The second kappa shape index (κ2) is 4.97. The Balaban J connectivity index is 2.63. The number of hydrogen-bond donors (Lipinski definition) is 0. The summed E-state index contributed by atoms with van der Waals surface area (Å²) in [4.78, 5) is 4.15. The van der Waals surface area contributed by atoms with Gasteiger partial charge in [0.05, 0.1) is 11.6 Å². The Morgan fingerprint density at radius 3 is 2.56 bits per heavy atom. The van der Waals surface area contributed by atoms with Crippen molar-refractivity contribution in [2.45, 2.75) is 0 Å². The van der Waals surface area contributed by atoms with Gasteiger partial charge >= 0.3 is 0 Å². The van der Waals surface area contributed by atoms with Crippen molar-refractivity contribution in [1.82, 2.24) is 4.98 Å². The lowest BCUT2D eigenvalue weighted by atomic mass is 10.1. The minimum absolute atomic E-state index is 0.788. The maximum absolute atomic E-state index is 5.34. The van der Waals surface area contributed by atoms with Crippen molar-refractivity contribution < 1.29 is 4.74 Å². The third kappa shape index (κ3) is 2.13. The molecule has 0 bridgehead atoms. The average Bonchev–Trinajstić information content (AvgIpc) is 2.33. The molecule has 0 unspecified atom stereocenters.